The minimum Gasteiger partial charge on any atom is -0.343 e. The summed E-state index contributed by atoms with van der Waals surface area (Å²) in [5.74, 6) is -9.02. The molecule has 1 fully saturated rings. The van der Waals surface area contributed by atoms with E-state index in [1.165, 1.54) is 0 Å². The first-order chi connectivity index (χ1) is 6.62. The molecular formula is C6H15N3O6. The van der Waals surface area contributed by atoms with Crippen molar-refractivity contribution in [2.45, 2.75) is 31.2 Å². The second-order valence-corrected chi connectivity index (χ2v) is 3.51. The van der Waals surface area contributed by atoms with Gasteiger partial charge in [-0.25, -0.2) is 10.9 Å². The Hall–Kier alpha value is -0.360. The minimum absolute atomic E-state index is 0.317. The third-order valence-corrected chi connectivity index (χ3v) is 2.05. The highest BCUT2D eigenvalue weighted by Gasteiger charge is 2.53. The first-order valence-corrected chi connectivity index (χ1v) is 4.23. The van der Waals surface area contributed by atoms with Gasteiger partial charge in [-0.3, -0.25) is 5.32 Å². The molecule has 15 heavy (non-hydrogen) atoms. The summed E-state index contributed by atoms with van der Waals surface area (Å²) >= 11 is 0. The van der Waals surface area contributed by atoms with Crippen LogP contribution in [0.25, 0.3) is 0 Å². The molecule has 9 nitrogen and oxygen atoms in total. The Morgan fingerprint density at radius 3 is 1.67 bits per heavy atom. The van der Waals surface area contributed by atoms with Crippen molar-refractivity contribution in [3.63, 3.8) is 0 Å². The van der Waals surface area contributed by atoms with Crippen LogP contribution in [-0.4, -0.2) is 54.9 Å². The normalized spacial score (nSPS) is 28.8. The molecule has 2 unspecified atom stereocenters. The van der Waals surface area contributed by atoms with Gasteiger partial charge in [0.1, 0.15) is 0 Å². The fourth-order valence-corrected chi connectivity index (χ4v) is 1.45. The highest BCUT2D eigenvalue weighted by Crippen LogP contribution is 2.25. The second-order valence-electron chi connectivity index (χ2n) is 3.51. The molecule has 1 saturated heterocycles. The maximum Gasteiger partial charge on any atom is 0.289 e. The predicted octanol–water partition coefficient (Wildman–Crippen LogP) is -4.77. The average molecular weight is 225 g/mol. The van der Waals surface area contributed by atoms with E-state index >= 15 is 0 Å². The van der Waals surface area contributed by atoms with Crippen molar-refractivity contribution in [1.29, 1.82) is 0 Å². The van der Waals surface area contributed by atoms with Gasteiger partial charge in [-0.2, -0.15) is 0 Å². The Balaban J connectivity index is 2.83. The Morgan fingerprint density at radius 1 is 0.933 bits per heavy atom. The fraction of sp³-hybridized carbons (Fsp3) is 1.00. The number of aliphatic hydroxyl groups is 6. The quantitative estimate of drug-likeness (QED) is 0.215. The monoisotopic (exact) mass is 225 g/mol. The van der Waals surface area contributed by atoms with Crippen molar-refractivity contribution in [1.82, 2.24) is 16.2 Å². The van der Waals surface area contributed by atoms with Crippen LogP contribution in [0.1, 0.15) is 6.92 Å². The zero-order chi connectivity index (χ0) is 11.9. The summed E-state index contributed by atoms with van der Waals surface area (Å²) in [6.45, 7) is 1.64. The zero-order valence-electron chi connectivity index (χ0n) is 7.92. The van der Waals surface area contributed by atoms with Crippen LogP contribution in [0.5, 0.6) is 0 Å². The Kier molecular flexibility index (Phi) is 3.30. The average Bonchev–Trinajstić information content (AvgIpc) is 2.28. The molecule has 1 aliphatic rings. The van der Waals surface area contributed by atoms with E-state index in [1.54, 1.807) is 6.92 Å². The molecule has 0 aromatic carbocycles. The maximum absolute atomic E-state index is 8.88. The van der Waals surface area contributed by atoms with E-state index in [2.05, 4.69) is 16.2 Å². The third kappa shape index (κ3) is 3.04. The molecule has 0 aliphatic carbocycles. The van der Waals surface area contributed by atoms with Crippen LogP contribution in [0.4, 0.5) is 0 Å². The molecule has 9 N–H and O–H groups in total. The molecular weight excluding hydrogens is 210 g/mol. The van der Waals surface area contributed by atoms with Crippen molar-refractivity contribution in [3.05, 3.63) is 0 Å². The Morgan fingerprint density at radius 2 is 1.40 bits per heavy atom. The summed E-state index contributed by atoms with van der Waals surface area (Å²) in [6, 6.07) is 0. The van der Waals surface area contributed by atoms with Crippen LogP contribution < -0.4 is 16.2 Å². The van der Waals surface area contributed by atoms with Crippen molar-refractivity contribution >= 4 is 0 Å². The number of rotatable bonds is 3. The zero-order valence-corrected chi connectivity index (χ0v) is 7.92. The van der Waals surface area contributed by atoms with Crippen LogP contribution in [0.3, 0.4) is 0 Å². The molecule has 0 radical (unpaired) electrons. The van der Waals surface area contributed by atoms with Gasteiger partial charge in [-0.05, 0) is 6.92 Å². The van der Waals surface area contributed by atoms with Gasteiger partial charge < -0.3 is 30.6 Å². The first kappa shape index (κ1) is 12.7. The Labute approximate surface area is 84.9 Å². The van der Waals surface area contributed by atoms with Gasteiger partial charge in [0, 0.05) is 0 Å². The van der Waals surface area contributed by atoms with Crippen LogP contribution in [0, 0.1) is 5.92 Å². The van der Waals surface area contributed by atoms with E-state index < -0.39 is 24.0 Å². The molecule has 0 bridgehead atoms. The highest BCUT2D eigenvalue weighted by atomic mass is 16.7. The van der Waals surface area contributed by atoms with Crippen LogP contribution in [0.15, 0.2) is 0 Å². The molecule has 9 heteroatoms. The standard InChI is InChI=1S/C6H15N3O6/c1-2-7-4(9-8-2)3(5(10,11)12)6(13,14)15/h2-4,7-15H,1H3. The summed E-state index contributed by atoms with van der Waals surface area (Å²) in [5.41, 5.74) is 4.96. The number of nitrogens with one attached hydrogen (secondary N) is 3. The minimum atomic E-state index is -3.46. The highest BCUT2D eigenvalue weighted by molar-refractivity contribution is 4.87. The summed E-state index contributed by atoms with van der Waals surface area (Å²) < 4.78 is 0. The van der Waals surface area contributed by atoms with E-state index in [0.29, 0.717) is 0 Å². The summed E-state index contributed by atoms with van der Waals surface area (Å²) in [7, 11) is 0. The van der Waals surface area contributed by atoms with Crippen molar-refractivity contribution in [2.75, 3.05) is 0 Å². The summed E-state index contributed by atoms with van der Waals surface area (Å²) in [6.07, 6.45) is -1.47. The Bertz CT molecular complexity index is 210. The lowest BCUT2D eigenvalue weighted by Gasteiger charge is -2.35. The van der Waals surface area contributed by atoms with Crippen molar-refractivity contribution in [2.24, 2.45) is 5.92 Å². The molecule has 90 valence electrons. The smallest absolute Gasteiger partial charge is 0.289 e. The first-order valence-electron chi connectivity index (χ1n) is 4.23. The van der Waals surface area contributed by atoms with Crippen LogP contribution in [0.2, 0.25) is 0 Å². The van der Waals surface area contributed by atoms with E-state index in [0.717, 1.165) is 0 Å². The molecule has 0 spiro atoms. The number of hydrogen-bond acceptors (Lipinski definition) is 9. The largest absolute Gasteiger partial charge is 0.343 e. The fourth-order valence-electron chi connectivity index (χ4n) is 1.45. The molecule has 0 amide bonds. The van der Waals surface area contributed by atoms with Gasteiger partial charge in [0.05, 0.1) is 12.3 Å². The van der Waals surface area contributed by atoms with Gasteiger partial charge in [0.25, 0.3) is 11.9 Å². The third-order valence-electron chi connectivity index (χ3n) is 2.05. The lowest BCUT2D eigenvalue weighted by molar-refractivity contribution is -0.444. The molecule has 1 aliphatic heterocycles. The van der Waals surface area contributed by atoms with Crippen molar-refractivity contribution < 1.29 is 30.6 Å². The van der Waals surface area contributed by atoms with E-state index in [4.69, 9.17) is 30.6 Å². The number of hydrazine groups is 1. The SMILES string of the molecule is CC1NNC(C(C(O)(O)O)C(O)(O)O)N1. The topological polar surface area (TPSA) is 157 Å². The van der Waals surface area contributed by atoms with Gasteiger partial charge in [-0.15, -0.1) is 0 Å². The van der Waals surface area contributed by atoms with Gasteiger partial charge in [0.2, 0.25) is 0 Å². The van der Waals surface area contributed by atoms with E-state index in [-0.39, 0.29) is 6.17 Å². The molecule has 0 aromatic heterocycles. The summed E-state index contributed by atoms with van der Waals surface area (Å²) in [5, 5.41) is 55.9. The van der Waals surface area contributed by atoms with Crippen LogP contribution in [-0.2, 0) is 0 Å². The number of hydrogen-bond donors (Lipinski definition) is 9. The lowest BCUT2D eigenvalue weighted by atomic mass is 10.0. The summed E-state index contributed by atoms with van der Waals surface area (Å²) in [4.78, 5) is 0. The molecule has 0 aromatic rings. The molecule has 2 atom stereocenters. The van der Waals surface area contributed by atoms with Crippen molar-refractivity contribution in [3.8, 4) is 0 Å². The van der Waals surface area contributed by atoms with Crippen LogP contribution >= 0.6 is 0 Å². The molecule has 1 rings (SSSR count). The second kappa shape index (κ2) is 3.90. The molecule has 0 saturated carbocycles. The van der Waals surface area contributed by atoms with E-state index in [1.807, 2.05) is 0 Å². The van der Waals surface area contributed by atoms with Gasteiger partial charge in [0.15, 0.2) is 5.92 Å². The molecule has 1 heterocycles. The van der Waals surface area contributed by atoms with E-state index in [9.17, 15) is 0 Å². The maximum atomic E-state index is 8.88. The predicted molar refractivity (Wildman–Crippen MR) is 44.9 cm³/mol. The van der Waals surface area contributed by atoms with Gasteiger partial charge >= 0.3 is 0 Å². The van der Waals surface area contributed by atoms with Gasteiger partial charge in [-0.1, -0.05) is 0 Å². The lowest BCUT2D eigenvalue weighted by Crippen LogP contribution is -2.62.